The summed E-state index contributed by atoms with van der Waals surface area (Å²) in [6.07, 6.45) is 7.07. The summed E-state index contributed by atoms with van der Waals surface area (Å²) in [6, 6.07) is 38.3. The van der Waals surface area contributed by atoms with Crippen LogP contribution in [-0.2, 0) is 9.53 Å². The largest absolute Gasteiger partial charge is 0.506 e. The van der Waals surface area contributed by atoms with Gasteiger partial charge in [-0.05, 0) is 71.8 Å². The number of ketones is 1. The van der Waals surface area contributed by atoms with Crippen molar-refractivity contribution in [3.8, 4) is 34.1 Å². The molecule has 0 amide bonds. The fourth-order valence-electron chi connectivity index (χ4n) is 5.71. The van der Waals surface area contributed by atoms with Crippen molar-refractivity contribution in [2.75, 3.05) is 14.2 Å². The maximum absolute atomic E-state index is 13.6. The molecule has 0 bridgehead atoms. The Morgan fingerprint density at radius 2 is 1.21 bits per heavy atom. The lowest BCUT2D eigenvalue weighted by Crippen LogP contribution is -2.21. The van der Waals surface area contributed by atoms with Crippen LogP contribution in [0.25, 0.3) is 40.2 Å². The number of para-hydroxylation sites is 2. The summed E-state index contributed by atoms with van der Waals surface area (Å²) in [4.78, 5) is 13.6. The molecule has 6 nitrogen and oxygen atoms in total. The van der Waals surface area contributed by atoms with E-state index < -0.39 is 0 Å². The third kappa shape index (κ3) is 5.95. The maximum Gasteiger partial charge on any atom is 0.365 e. The summed E-state index contributed by atoms with van der Waals surface area (Å²) in [5.41, 5.74) is 5.09. The van der Waals surface area contributed by atoms with E-state index in [1.165, 1.54) is 0 Å². The number of hydrogen-bond acceptors (Lipinski definition) is 5. The van der Waals surface area contributed by atoms with Crippen LogP contribution < -0.4 is 9.47 Å². The molecule has 4 aromatic carbocycles. The molecule has 1 N–H and O–H groups in total. The summed E-state index contributed by atoms with van der Waals surface area (Å²) in [5, 5.41) is 11.2. The number of aliphatic hydroxyl groups excluding tert-OH is 1. The summed E-state index contributed by atoms with van der Waals surface area (Å²) in [6.45, 7) is 0. The van der Waals surface area contributed by atoms with Crippen LogP contribution in [-0.4, -0.2) is 25.1 Å². The number of benzene rings is 4. The summed E-state index contributed by atoms with van der Waals surface area (Å²) >= 11 is 0. The molecule has 0 fully saturated rings. The number of Topliss-reactive ketones (excluding diaryl/α,β-unsaturated/α-hetero) is 1. The molecule has 0 saturated heterocycles. The van der Waals surface area contributed by atoms with Gasteiger partial charge in [-0.25, -0.2) is 4.42 Å². The molecule has 7 rings (SSSR count). The van der Waals surface area contributed by atoms with Gasteiger partial charge >= 0.3 is 11.5 Å². The van der Waals surface area contributed by atoms with Gasteiger partial charge in [0.2, 0.25) is 5.78 Å². The van der Waals surface area contributed by atoms with Gasteiger partial charge in [0.25, 0.3) is 0 Å². The first-order chi connectivity index (χ1) is 23.5. The summed E-state index contributed by atoms with van der Waals surface area (Å²) in [7, 11) is 3.22. The minimum absolute atomic E-state index is 0.0817. The van der Waals surface area contributed by atoms with Crippen molar-refractivity contribution in [3.63, 3.8) is 0 Å². The molecule has 0 saturated carbocycles. The van der Waals surface area contributed by atoms with Gasteiger partial charge in [0.15, 0.2) is 0 Å². The minimum atomic E-state index is -0.269. The zero-order chi connectivity index (χ0) is 33.0. The zero-order valence-corrected chi connectivity index (χ0v) is 26.3. The first kappa shape index (κ1) is 30.3. The maximum atomic E-state index is 13.6. The van der Waals surface area contributed by atoms with Crippen molar-refractivity contribution in [2.24, 2.45) is 0 Å². The third-order valence-electron chi connectivity index (χ3n) is 8.11. The third-order valence-corrected chi connectivity index (χ3v) is 8.11. The quantitative estimate of drug-likeness (QED) is 0.136. The van der Waals surface area contributed by atoms with Crippen LogP contribution in [0.4, 0.5) is 0 Å². The van der Waals surface area contributed by atoms with Gasteiger partial charge in [-0.3, -0.25) is 4.79 Å². The Hall–Kier alpha value is -6.40. The Balaban J connectivity index is 1.30. The Morgan fingerprint density at radius 1 is 0.646 bits per heavy atom. The van der Waals surface area contributed by atoms with Crippen molar-refractivity contribution in [1.29, 1.82) is 0 Å². The van der Waals surface area contributed by atoms with Gasteiger partial charge in [0.05, 0.1) is 48.6 Å². The standard InChI is InChI=1S/C42H30O6/c1-45-35-19-11-9-17-31(35)39-25-27(23-37(47-39)29-13-5-3-6-14-29)21-33-41(43)34(42(33)44)22-28-24-38(30-15-7-4-8-16-30)48-40(26-28)32-18-10-12-20-36(32)46-2/h3-26H,1-2H3/p+1. The second kappa shape index (κ2) is 13.1. The number of rotatable bonds is 8. The van der Waals surface area contributed by atoms with E-state index >= 15 is 0 Å². The Labute approximate surface area is 278 Å². The van der Waals surface area contributed by atoms with E-state index in [1.54, 1.807) is 26.4 Å². The van der Waals surface area contributed by atoms with Crippen LogP contribution in [0.5, 0.6) is 11.5 Å². The van der Waals surface area contributed by atoms with Gasteiger partial charge < -0.3 is 19.3 Å². The summed E-state index contributed by atoms with van der Waals surface area (Å²) < 4.78 is 23.9. The summed E-state index contributed by atoms with van der Waals surface area (Å²) in [5.74, 6) is 3.30. The second-order valence-electron chi connectivity index (χ2n) is 11.2. The van der Waals surface area contributed by atoms with Crippen LogP contribution in [0.1, 0.15) is 16.7 Å². The van der Waals surface area contributed by atoms with Crippen molar-refractivity contribution in [3.05, 3.63) is 179 Å². The Morgan fingerprint density at radius 3 is 1.88 bits per heavy atom. The Kier molecular flexibility index (Phi) is 8.29. The molecule has 48 heavy (non-hydrogen) atoms. The van der Waals surface area contributed by atoms with Crippen LogP contribution in [0.3, 0.4) is 0 Å². The lowest BCUT2D eigenvalue weighted by Gasteiger charge is -2.22. The van der Waals surface area contributed by atoms with E-state index in [9.17, 15) is 9.90 Å². The highest BCUT2D eigenvalue weighted by molar-refractivity contribution is 6.23. The van der Waals surface area contributed by atoms with Crippen LogP contribution in [0, 0.1) is 0 Å². The minimum Gasteiger partial charge on any atom is -0.506 e. The average Bonchev–Trinajstić information content (AvgIpc) is 3.16. The molecule has 0 radical (unpaired) electrons. The van der Waals surface area contributed by atoms with Gasteiger partial charge in [0.1, 0.15) is 34.3 Å². The molecule has 5 aromatic rings. The lowest BCUT2D eigenvalue weighted by molar-refractivity contribution is -0.113. The molecule has 6 heteroatoms. The van der Waals surface area contributed by atoms with Gasteiger partial charge in [0, 0.05) is 5.56 Å². The van der Waals surface area contributed by atoms with Gasteiger partial charge in [-0.1, -0.05) is 72.8 Å². The molecule has 0 spiro atoms. The molecule has 1 aliphatic heterocycles. The molecule has 0 atom stereocenters. The topological polar surface area (TPSA) is 76.3 Å². The number of carbonyl (C=O) groups excluding carboxylic acids is 1. The van der Waals surface area contributed by atoms with Crippen molar-refractivity contribution < 1.29 is 28.5 Å². The average molecular weight is 632 g/mol. The predicted molar refractivity (Wildman–Crippen MR) is 188 cm³/mol. The van der Waals surface area contributed by atoms with Gasteiger partial charge in [-0.15, -0.1) is 0 Å². The molecule has 234 valence electrons. The highest BCUT2D eigenvalue weighted by Crippen LogP contribution is 2.39. The Bertz CT molecular complexity index is 2190. The van der Waals surface area contributed by atoms with Crippen molar-refractivity contribution >= 4 is 23.4 Å². The van der Waals surface area contributed by atoms with Crippen molar-refractivity contribution in [1.82, 2.24) is 0 Å². The van der Waals surface area contributed by atoms with E-state index in [-0.39, 0.29) is 22.7 Å². The number of methoxy groups -OCH3 is 2. The first-order valence-electron chi connectivity index (χ1n) is 15.4. The van der Waals surface area contributed by atoms with E-state index in [4.69, 9.17) is 18.6 Å². The molecule has 1 aliphatic carbocycles. The molecular weight excluding hydrogens is 600 g/mol. The van der Waals surface area contributed by atoms with Crippen molar-refractivity contribution in [2.45, 2.75) is 0 Å². The highest BCUT2D eigenvalue weighted by Gasteiger charge is 2.33. The van der Waals surface area contributed by atoms with E-state index in [0.717, 1.165) is 22.3 Å². The van der Waals surface area contributed by atoms with E-state index in [2.05, 4.69) is 0 Å². The molecular formula is C42H31O6+. The first-order valence-corrected chi connectivity index (χ1v) is 15.4. The monoisotopic (exact) mass is 631 g/mol. The number of ether oxygens (including phenoxy) is 3. The van der Waals surface area contributed by atoms with Gasteiger partial charge in [-0.2, -0.15) is 0 Å². The number of carbonyl (C=O) groups is 1. The SMILES string of the molecule is COc1ccccc1C1=CC(=CC2=C(O)C(=Cc3cc(-c4ccccc4)[o+]c(-c4ccccc4OC)c3)C2=O)C=C(c2ccccc2)O1. The number of allylic oxidation sites excluding steroid dienone is 6. The normalized spacial score (nSPS) is 15.8. The second-order valence-corrected chi connectivity index (χ2v) is 11.2. The smallest absolute Gasteiger partial charge is 0.365 e. The van der Waals surface area contributed by atoms with Crippen LogP contribution >= 0.6 is 0 Å². The van der Waals surface area contributed by atoms with E-state index in [0.29, 0.717) is 45.7 Å². The lowest BCUT2D eigenvalue weighted by atomic mass is 9.85. The van der Waals surface area contributed by atoms with Crippen LogP contribution in [0.15, 0.2) is 166 Å². The molecule has 2 aliphatic rings. The van der Waals surface area contributed by atoms with Crippen LogP contribution in [0.2, 0.25) is 0 Å². The molecule has 0 unspecified atom stereocenters. The number of aliphatic hydroxyl groups is 1. The predicted octanol–water partition coefficient (Wildman–Crippen LogP) is 9.73. The zero-order valence-electron chi connectivity index (χ0n) is 26.3. The fourth-order valence-corrected chi connectivity index (χ4v) is 5.71. The molecule has 2 heterocycles. The molecule has 1 aromatic heterocycles. The number of hydrogen-bond donors (Lipinski definition) is 1. The highest BCUT2D eigenvalue weighted by atomic mass is 16.5. The fraction of sp³-hybridized carbons (Fsp3) is 0.0476. The van der Waals surface area contributed by atoms with E-state index in [1.807, 2.05) is 133 Å².